The number of nitrogens with zero attached hydrogens (tertiary/aromatic N) is 3. The Morgan fingerprint density at radius 3 is 1.29 bits per heavy atom. The van der Waals surface area contributed by atoms with Crippen LogP contribution in [0.1, 0.15) is 0 Å². The third-order valence-electron chi connectivity index (χ3n) is 5.15. The minimum absolute atomic E-state index is 0.0934. The first-order valence-electron chi connectivity index (χ1n) is 11.3. The molecule has 18 heteroatoms. The third kappa shape index (κ3) is 15.3. The van der Waals surface area contributed by atoms with Gasteiger partial charge in [0.25, 0.3) is 0 Å². The number of aliphatic hydroxyl groups excluding tert-OH is 5. The first-order chi connectivity index (χ1) is 17.7. The predicted molar refractivity (Wildman–Crippen MR) is 124 cm³/mol. The highest BCUT2D eigenvalue weighted by Gasteiger charge is 2.32. The molecule has 0 saturated carbocycles. The number of nitrogens with one attached hydrogen (secondary N) is 1. The van der Waals surface area contributed by atoms with Crippen LogP contribution in [0.4, 0.5) is 0 Å². The van der Waals surface area contributed by atoms with E-state index in [1.54, 1.807) is 0 Å². The molecule has 0 aliphatic rings. The van der Waals surface area contributed by atoms with Gasteiger partial charge in [0.2, 0.25) is 5.91 Å². The van der Waals surface area contributed by atoms with Gasteiger partial charge in [-0.3, -0.25) is 38.7 Å². The fraction of sp³-hybridized carbons (Fsp3) is 0.750. The van der Waals surface area contributed by atoms with Crippen molar-refractivity contribution in [3.05, 3.63) is 0 Å². The lowest BCUT2D eigenvalue weighted by molar-refractivity contribution is -0.143. The van der Waals surface area contributed by atoms with E-state index in [9.17, 15) is 44.4 Å². The number of carboxylic acids is 4. The van der Waals surface area contributed by atoms with Crippen molar-refractivity contribution in [1.29, 1.82) is 0 Å². The molecule has 0 aliphatic carbocycles. The molecule has 0 saturated heterocycles. The number of hydrogen-bond donors (Lipinski definition) is 10. The normalized spacial score (nSPS) is 14.7. The van der Waals surface area contributed by atoms with Crippen molar-refractivity contribution in [2.75, 3.05) is 72.1 Å². The molecule has 0 rings (SSSR count). The molecule has 0 aromatic carbocycles. The smallest absolute Gasteiger partial charge is 0.317 e. The quantitative estimate of drug-likeness (QED) is 0.0593. The van der Waals surface area contributed by atoms with E-state index in [1.165, 1.54) is 4.90 Å². The summed E-state index contributed by atoms with van der Waals surface area (Å²) in [5.74, 6) is -6.08. The third-order valence-corrected chi connectivity index (χ3v) is 5.15. The van der Waals surface area contributed by atoms with Crippen LogP contribution in [-0.2, 0) is 24.0 Å². The molecule has 0 unspecified atom stereocenters. The fourth-order valence-corrected chi connectivity index (χ4v) is 3.30. The van der Waals surface area contributed by atoms with Gasteiger partial charge in [-0.05, 0) is 0 Å². The lowest BCUT2D eigenvalue weighted by Gasteiger charge is -2.30. The molecule has 0 heterocycles. The van der Waals surface area contributed by atoms with Gasteiger partial charge in [-0.1, -0.05) is 0 Å². The van der Waals surface area contributed by atoms with Crippen LogP contribution >= 0.6 is 0 Å². The van der Waals surface area contributed by atoms with E-state index in [1.807, 2.05) is 0 Å². The highest BCUT2D eigenvalue weighted by atomic mass is 16.4. The maximum Gasteiger partial charge on any atom is 0.317 e. The van der Waals surface area contributed by atoms with E-state index in [2.05, 4.69) is 5.32 Å². The summed E-state index contributed by atoms with van der Waals surface area (Å²) in [6, 6.07) is -1.48. The predicted octanol–water partition coefficient (Wildman–Crippen LogP) is -6.22. The van der Waals surface area contributed by atoms with Crippen molar-refractivity contribution in [1.82, 2.24) is 20.0 Å². The molecule has 1 amide bonds. The van der Waals surface area contributed by atoms with Crippen LogP contribution in [0, 0.1) is 0 Å². The molecule has 10 N–H and O–H groups in total. The van der Waals surface area contributed by atoms with E-state index < -0.39 is 100 Å². The van der Waals surface area contributed by atoms with Gasteiger partial charge in [0.05, 0.1) is 52.0 Å². The Morgan fingerprint density at radius 1 is 0.553 bits per heavy atom. The van der Waals surface area contributed by atoms with Gasteiger partial charge in [0.15, 0.2) is 0 Å². The maximum absolute atomic E-state index is 12.4. The lowest BCUT2D eigenvalue weighted by atomic mass is 10.0. The summed E-state index contributed by atoms with van der Waals surface area (Å²) in [4.78, 5) is 60.3. The zero-order valence-electron chi connectivity index (χ0n) is 20.5. The molecule has 0 spiro atoms. The van der Waals surface area contributed by atoms with Crippen LogP contribution in [0.3, 0.4) is 0 Å². The average molecular weight is 557 g/mol. The van der Waals surface area contributed by atoms with Gasteiger partial charge in [-0.15, -0.1) is 0 Å². The van der Waals surface area contributed by atoms with Crippen LogP contribution in [-0.4, -0.2) is 187 Å². The van der Waals surface area contributed by atoms with Crippen molar-refractivity contribution < 1.29 is 69.9 Å². The molecule has 0 bridgehead atoms. The number of carbonyl (C=O) groups is 5. The van der Waals surface area contributed by atoms with E-state index in [4.69, 9.17) is 25.5 Å². The van der Waals surface area contributed by atoms with Crippen molar-refractivity contribution in [3.63, 3.8) is 0 Å². The Balaban J connectivity index is 5.27. The molecule has 4 atom stereocenters. The van der Waals surface area contributed by atoms with Crippen molar-refractivity contribution >= 4 is 29.8 Å². The Bertz CT molecular complexity index is 769. The van der Waals surface area contributed by atoms with Gasteiger partial charge in [-0.25, -0.2) is 0 Å². The number of aliphatic carboxylic acids is 4. The molecule has 38 heavy (non-hydrogen) atoms. The van der Waals surface area contributed by atoms with Crippen LogP contribution in [0.25, 0.3) is 0 Å². The highest BCUT2D eigenvalue weighted by Crippen LogP contribution is 2.05. The first kappa shape index (κ1) is 35.0. The number of rotatable bonds is 22. The first-order valence-corrected chi connectivity index (χ1v) is 11.3. The molecule has 220 valence electrons. The van der Waals surface area contributed by atoms with E-state index in [0.717, 1.165) is 9.80 Å². The lowest BCUT2D eigenvalue weighted by Crippen LogP contribution is -2.56. The molecular weight excluding hydrogens is 520 g/mol. The minimum atomic E-state index is -1.92. The number of carboxylic acid groups (broad SMARTS) is 4. The Hall–Kier alpha value is -2.97. The van der Waals surface area contributed by atoms with Crippen molar-refractivity contribution in [3.8, 4) is 0 Å². The molecule has 0 fully saturated rings. The summed E-state index contributed by atoms with van der Waals surface area (Å²) in [5.41, 5.74) is 0. The van der Waals surface area contributed by atoms with Crippen molar-refractivity contribution in [2.24, 2.45) is 0 Å². The summed E-state index contributed by atoms with van der Waals surface area (Å²) < 4.78 is 0. The number of amides is 1. The number of aliphatic hydroxyl groups is 5. The zero-order valence-corrected chi connectivity index (χ0v) is 20.5. The van der Waals surface area contributed by atoms with Crippen LogP contribution in [0.15, 0.2) is 0 Å². The van der Waals surface area contributed by atoms with Gasteiger partial charge in [0.1, 0.15) is 18.3 Å². The van der Waals surface area contributed by atoms with Gasteiger partial charge < -0.3 is 51.3 Å². The van der Waals surface area contributed by atoms with E-state index >= 15 is 0 Å². The van der Waals surface area contributed by atoms with Crippen LogP contribution in [0.2, 0.25) is 0 Å². The Morgan fingerprint density at radius 2 is 0.921 bits per heavy atom. The Labute approximate surface area is 216 Å². The zero-order chi connectivity index (χ0) is 29.4. The summed E-state index contributed by atoms with van der Waals surface area (Å²) >= 11 is 0. The van der Waals surface area contributed by atoms with Gasteiger partial charge in [-0.2, -0.15) is 0 Å². The molecule has 0 aromatic rings. The number of hydrogen-bond acceptors (Lipinski definition) is 13. The topological polar surface area (TPSA) is 289 Å². The number of carbonyl (C=O) groups excluding carboxylic acids is 1. The SMILES string of the molecule is O=C(O)CN(CCN(CC(=O)O)CC(=O)O)CCN(CC(=O)O)CC(=O)N[C@@H](CO)[C@@H](O)[C@H](O)[C@H](O)CO. The molecule has 0 aliphatic heterocycles. The molecule has 0 aromatic heterocycles. The standard InChI is InChI=1S/C20H36N4O14/c25-10-12(19(37)20(38)13(27)11-26)21-14(28)5-23(7-16(31)32)3-1-22(6-15(29)30)2-4-24(8-17(33)34)9-18(35)36/h12-13,19-20,25-27,37-38H,1-11H2,(H,21,28)(H,29,30)(H,31,32)(H,33,34)(H,35,36)/t12-,13+,19+,20+/m0/s1. The van der Waals surface area contributed by atoms with E-state index in [0.29, 0.717) is 0 Å². The maximum atomic E-state index is 12.4. The summed E-state index contributed by atoms with van der Waals surface area (Å²) in [6.07, 6.45) is -5.56. The second kappa shape index (κ2) is 18.3. The monoisotopic (exact) mass is 556 g/mol. The minimum Gasteiger partial charge on any atom is -0.480 e. The second-order valence-corrected chi connectivity index (χ2v) is 8.36. The summed E-state index contributed by atoms with van der Waals surface area (Å²) in [7, 11) is 0. The second-order valence-electron chi connectivity index (χ2n) is 8.36. The molecule has 18 nitrogen and oxygen atoms in total. The molecule has 0 radical (unpaired) electrons. The van der Waals surface area contributed by atoms with Crippen LogP contribution < -0.4 is 5.32 Å². The van der Waals surface area contributed by atoms with Crippen molar-refractivity contribution in [2.45, 2.75) is 24.4 Å². The largest absolute Gasteiger partial charge is 0.480 e. The van der Waals surface area contributed by atoms with Crippen LogP contribution in [0.5, 0.6) is 0 Å². The average Bonchev–Trinajstić information content (AvgIpc) is 2.80. The highest BCUT2D eigenvalue weighted by molar-refractivity contribution is 5.79. The summed E-state index contributed by atoms with van der Waals surface area (Å²) in [5, 5.41) is 85.9. The Kier molecular flexibility index (Phi) is 16.9. The van der Waals surface area contributed by atoms with Gasteiger partial charge in [0, 0.05) is 26.2 Å². The summed E-state index contributed by atoms with van der Waals surface area (Å²) in [6.45, 7) is -5.35. The molecular formula is C20H36N4O14. The van der Waals surface area contributed by atoms with Gasteiger partial charge >= 0.3 is 23.9 Å². The van der Waals surface area contributed by atoms with E-state index in [-0.39, 0.29) is 26.2 Å². The fourth-order valence-electron chi connectivity index (χ4n) is 3.30.